The fraction of sp³-hybridized carbons (Fsp3) is 0.0455. The topological polar surface area (TPSA) is 22.0 Å². The highest BCUT2D eigenvalue weighted by molar-refractivity contribution is 5.91. The van der Waals surface area contributed by atoms with Crippen molar-refractivity contribution in [2.24, 2.45) is 7.05 Å². The molecule has 0 atom stereocenters. The zero-order valence-electron chi connectivity index (χ0n) is 13.4. The van der Waals surface area contributed by atoms with Gasteiger partial charge in [0.15, 0.2) is 0 Å². The molecule has 0 unspecified atom stereocenters. The molecule has 1 heterocycles. The van der Waals surface area contributed by atoms with Crippen molar-refractivity contribution < 1.29 is 4.79 Å². The van der Waals surface area contributed by atoms with Crippen LogP contribution in [0.15, 0.2) is 78.9 Å². The molecule has 0 amide bonds. The summed E-state index contributed by atoms with van der Waals surface area (Å²) in [5, 5.41) is 2.22. The van der Waals surface area contributed by atoms with Crippen molar-refractivity contribution in [3.05, 3.63) is 84.4 Å². The highest BCUT2D eigenvalue weighted by atomic mass is 16.1. The van der Waals surface area contributed by atoms with Crippen LogP contribution in [0.2, 0.25) is 0 Å². The highest BCUT2D eigenvalue weighted by Gasteiger charge is 2.09. The van der Waals surface area contributed by atoms with Crippen LogP contribution < -0.4 is 0 Å². The molecule has 0 saturated carbocycles. The number of hydrogen-bond donors (Lipinski definition) is 0. The predicted molar refractivity (Wildman–Crippen MR) is 99.2 cm³/mol. The molecule has 24 heavy (non-hydrogen) atoms. The van der Waals surface area contributed by atoms with Gasteiger partial charge in [0.25, 0.3) is 0 Å². The molecule has 2 heteroatoms. The summed E-state index contributed by atoms with van der Waals surface area (Å²) >= 11 is 0. The summed E-state index contributed by atoms with van der Waals surface area (Å²) in [6.45, 7) is 0. The smallest absolute Gasteiger partial charge is 0.150 e. The molecule has 4 rings (SSSR count). The van der Waals surface area contributed by atoms with Gasteiger partial charge in [0, 0.05) is 24.0 Å². The number of benzene rings is 3. The zero-order chi connectivity index (χ0) is 16.5. The van der Waals surface area contributed by atoms with Crippen LogP contribution in [0, 0.1) is 0 Å². The van der Waals surface area contributed by atoms with Crippen molar-refractivity contribution in [2.45, 2.75) is 0 Å². The lowest BCUT2D eigenvalue weighted by Gasteiger charge is -2.09. The molecule has 4 aromatic rings. The van der Waals surface area contributed by atoms with E-state index in [9.17, 15) is 4.79 Å². The third kappa shape index (κ3) is 2.42. The Bertz CT molecular complexity index is 1030. The van der Waals surface area contributed by atoms with Crippen LogP contribution in [-0.4, -0.2) is 10.9 Å². The van der Waals surface area contributed by atoms with E-state index in [2.05, 4.69) is 66.2 Å². The molecule has 0 N–H and O–H groups in total. The Labute approximate surface area is 141 Å². The summed E-state index contributed by atoms with van der Waals surface area (Å²) in [6, 6.07) is 26.9. The van der Waals surface area contributed by atoms with Gasteiger partial charge in [-0.25, -0.2) is 0 Å². The van der Waals surface area contributed by atoms with Gasteiger partial charge in [-0.1, -0.05) is 54.6 Å². The van der Waals surface area contributed by atoms with E-state index in [-0.39, 0.29) is 0 Å². The van der Waals surface area contributed by atoms with Gasteiger partial charge in [0.1, 0.15) is 6.29 Å². The van der Waals surface area contributed by atoms with Crippen molar-refractivity contribution in [1.82, 2.24) is 4.57 Å². The van der Waals surface area contributed by atoms with Crippen molar-refractivity contribution in [3.63, 3.8) is 0 Å². The second-order valence-corrected chi connectivity index (χ2v) is 5.97. The lowest BCUT2D eigenvalue weighted by molar-refractivity contribution is 0.112. The molecular formula is C22H17NO. The summed E-state index contributed by atoms with van der Waals surface area (Å²) in [5.41, 5.74) is 5.46. The van der Waals surface area contributed by atoms with E-state index in [0.29, 0.717) is 5.56 Å². The Hall–Kier alpha value is -3.13. The van der Waals surface area contributed by atoms with E-state index in [0.717, 1.165) is 17.1 Å². The molecule has 0 aliphatic heterocycles. The van der Waals surface area contributed by atoms with E-state index in [1.807, 2.05) is 24.3 Å². The highest BCUT2D eigenvalue weighted by Crippen LogP contribution is 2.30. The standard InChI is InChI=1S/C22H17NO/c1-23-21(17-5-3-2-4-6-17)11-12-22(23)20-10-9-18-13-16(15-24)7-8-19(18)14-20/h2-15H,1H3. The Morgan fingerprint density at radius 1 is 0.708 bits per heavy atom. The lowest BCUT2D eigenvalue weighted by Crippen LogP contribution is -1.94. The first-order chi connectivity index (χ1) is 11.8. The summed E-state index contributed by atoms with van der Waals surface area (Å²) in [5.74, 6) is 0. The molecular weight excluding hydrogens is 294 g/mol. The van der Waals surface area contributed by atoms with Crippen LogP contribution in [0.4, 0.5) is 0 Å². The molecule has 0 radical (unpaired) electrons. The second kappa shape index (κ2) is 5.82. The molecule has 3 aromatic carbocycles. The van der Waals surface area contributed by atoms with Gasteiger partial charge in [0.05, 0.1) is 0 Å². The second-order valence-electron chi connectivity index (χ2n) is 5.97. The quantitative estimate of drug-likeness (QED) is 0.469. The number of fused-ring (bicyclic) bond motifs is 1. The van der Waals surface area contributed by atoms with Crippen LogP contribution >= 0.6 is 0 Å². The van der Waals surface area contributed by atoms with E-state index in [1.165, 1.54) is 22.5 Å². The maximum atomic E-state index is 10.9. The Balaban J connectivity index is 1.80. The maximum absolute atomic E-state index is 10.9. The van der Waals surface area contributed by atoms with Crippen molar-refractivity contribution in [2.75, 3.05) is 0 Å². The SMILES string of the molecule is Cn1c(-c2ccccc2)ccc1-c1ccc2cc(C=O)ccc2c1. The van der Waals surface area contributed by atoms with Gasteiger partial charge in [-0.2, -0.15) is 0 Å². The van der Waals surface area contributed by atoms with Crippen LogP contribution in [0.1, 0.15) is 10.4 Å². The minimum absolute atomic E-state index is 0.709. The molecule has 2 nitrogen and oxygen atoms in total. The van der Waals surface area contributed by atoms with Crippen LogP contribution in [0.3, 0.4) is 0 Å². The van der Waals surface area contributed by atoms with Gasteiger partial charge in [-0.15, -0.1) is 0 Å². The van der Waals surface area contributed by atoms with Gasteiger partial charge in [-0.3, -0.25) is 4.79 Å². The minimum Gasteiger partial charge on any atom is -0.344 e. The normalized spacial score (nSPS) is 10.9. The first-order valence-corrected chi connectivity index (χ1v) is 7.97. The summed E-state index contributed by atoms with van der Waals surface area (Å²) in [7, 11) is 2.09. The molecule has 116 valence electrons. The average Bonchev–Trinajstić information content (AvgIpc) is 3.03. The monoisotopic (exact) mass is 311 g/mol. The molecule has 0 fully saturated rings. The van der Waals surface area contributed by atoms with E-state index in [1.54, 1.807) is 0 Å². The Morgan fingerprint density at radius 3 is 2.12 bits per heavy atom. The van der Waals surface area contributed by atoms with Crippen LogP contribution in [0.25, 0.3) is 33.3 Å². The number of rotatable bonds is 3. The number of carbonyl (C=O) groups is 1. The third-order valence-electron chi connectivity index (χ3n) is 4.49. The fourth-order valence-electron chi connectivity index (χ4n) is 3.20. The molecule has 1 aromatic heterocycles. The summed E-state index contributed by atoms with van der Waals surface area (Å²) in [4.78, 5) is 10.9. The Kier molecular flexibility index (Phi) is 3.51. The van der Waals surface area contributed by atoms with E-state index >= 15 is 0 Å². The number of hydrogen-bond acceptors (Lipinski definition) is 1. The van der Waals surface area contributed by atoms with E-state index in [4.69, 9.17) is 0 Å². The van der Waals surface area contributed by atoms with E-state index < -0.39 is 0 Å². The molecule has 0 spiro atoms. The summed E-state index contributed by atoms with van der Waals surface area (Å²) in [6.07, 6.45) is 0.886. The molecule has 0 aliphatic rings. The van der Waals surface area contributed by atoms with Crippen LogP contribution in [0.5, 0.6) is 0 Å². The third-order valence-corrected chi connectivity index (χ3v) is 4.49. The van der Waals surface area contributed by atoms with Gasteiger partial charge in [0.2, 0.25) is 0 Å². The average molecular weight is 311 g/mol. The van der Waals surface area contributed by atoms with Crippen molar-refractivity contribution >= 4 is 17.1 Å². The molecule has 0 aliphatic carbocycles. The van der Waals surface area contributed by atoms with Gasteiger partial charge < -0.3 is 4.57 Å². The first-order valence-electron chi connectivity index (χ1n) is 7.97. The predicted octanol–water partition coefficient (Wildman–Crippen LogP) is 5.32. The zero-order valence-corrected chi connectivity index (χ0v) is 13.4. The fourth-order valence-corrected chi connectivity index (χ4v) is 3.20. The van der Waals surface area contributed by atoms with Crippen molar-refractivity contribution in [1.29, 1.82) is 0 Å². The Morgan fingerprint density at radius 2 is 1.38 bits per heavy atom. The first kappa shape index (κ1) is 14.5. The minimum atomic E-state index is 0.709. The number of aldehydes is 1. The number of nitrogens with zero attached hydrogens (tertiary/aromatic N) is 1. The largest absolute Gasteiger partial charge is 0.344 e. The lowest BCUT2D eigenvalue weighted by atomic mass is 10.0. The van der Waals surface area contributed by atoms with Gasteiger partial charge in [-0.05, 0) is 46.2 Å². The van der Waals surface area contributed by atoms with Gasteiger partial charge >= 0.3 is 0 Å². The van der Waals surface area contributed by atoms with Crippen molar-refractivity contribution in [3.8, 4) is 22.5 Å². The summed E-state index contributed by atoms with van der Waals surface area (Å²) < 4.78 is 2.22. The number of aromatic nitrogens is 1. The number of carbonyl (C=O) groups excluding carboxylic acids is 1. The maximum Gasteiger partial charge on any atom is 0.150 e. The molecule has 0 bridgehead atoms. The van der Waals surface area contributed by atoms with Crippen LogP contribution in [-0.2, 0) is 7.05 Å². The molecule has 0 saturated heterocycles.